The highest BCUT2D eigenvalue weighted by molar-refractivity contribution is 6.08. The maximum atomic E-state index is 6.43. The van der Waals surface area contributed by atoms with Crippen LogP contribution in [0.15, 0.2) is 192 Å². The zero-order chi connectivity index (χ0) is 35.8. The van der Waals surface area contributed by atoms with Gasteiger partial charge in [-0.2, -0.15) is 0 Å². The molecule has 0 bridgehead atoms. The van der Waals surface area contributed by atoms with Gasteiger partial charge in [0.25, 0.3) is 0 Å². The Kier molecular flexibility index (Phi) is 7.85. The van der Waals surface area contributed by atoms with Crippen molar-refractivity contribution in [2.75, 3.05) is 0 Å². The van der Waals surface area contributed by atoms with Crippen LogP contribution in [-0.4, -0.2) is 15.0 Å². The Hall–Kier alpha value is -7.17. The SMILES string of the molecule is c1ccc(-c2ccc(-c3ccc4oc5cccc(Cc6nc(-c7ccccc7)nc(-c7ccc(-c8ccccc8)c8ccccc78)n6)c5c4c3)cc2)cc1. The largest absolute Gasteiger partial charge is 0.456 e. The first-order valence-electron chi connectivity index (χ1n) is 18.2. The Bertz CT molecular complexity index is 2940. The van der Waals surface area contributed by atoms with Gasteiger partial charge in [0.2, 0.25) is 0 Å². The van der Waals surface area contributed by atoms with Gasteiger partial charge < -0.3 is 4.42 Å². The normalized spacial score (nSPS) is 11.4. The number of hydrogen-bond donors (Lipinski definition) is 0. The van der Waals surface area contributed by atoms with E-state index < -0.39 is 0 Å². The minimum Gasteiger partial charge on any atom is -0.456 e. The summed E-state index contributed by atoms with van der Waals surface area (Å²) in [6.07, 6.45) is 0.511. The maximum absolute atomic E-state index is 6.43. The molecular formula is C50H33N3O. The van der Waals surface area contributed by atoms with Crippen molar-refractivity contribution in [1.82, 2.24) is 15.0 Å². The maximum Gasteiger partial charge on any atom is 0.164 e. The van der Waals surface area contributed by atoms with Gasteiger partial charge >= 0.3 is 0 Å². The molecule has 0 atom stereocenters. The van der Waals surface area contributed by atoms with Gasteiger partial charge in [-0.25, -0.2) is 15.0 Å². The molecule has 54 heavy (non-hydrogen) atoms. The topological polar surface area (TPSA) is 51.8 Å². The van der Waals surface area contributed by atoms with Gasteiger partial charge in [-0.15, -0.1) is 0 Å². The van der Waals surface area contributed by atoms with Crippen molar-refractivity contribution >= 4 is 32.7 Å². The van der Waals surface area contributed by atoms with E-state index in [4.69, 9.17) is 19.4 Å². The van der Waals surface area contributed by atoms with Crippen LogP contribution in [0.2, 0.25) is 0 Å². The number of nitrogens with zero attached hydrogens (tertiary/aromatic N) is 3. The third-order valence-electron chi connectivity index (χ3n) is 10.2. The molecule has 0 amide bonds. The highest BCUT2D eigenvalue weighted by atomic mass is 16.3. The molecule has 2 heterocycles. The molecule has 8 aromatic carbocycles. The highest BCUT2D eigenvalue weighted by Gasteiger charge is 2.18. The minimum absolute atomic E-state index is 0.511. The molecule has 10 rings (SSSR count). The van der Waals surface area contributed by atoms with Crippen molar-refractivity contribution in [1.29, 1.82) is 0 Å². The summed E-state index contributed by atoms with van der Waals surface area (Å²) in [5.41, 5.74) is 11.8. The molecule has 0 fully saturated rings. The lowest BCUT2D eigenvalue weighted by molar-refractivity contribution is 0.668. The van der Waals surface area contributed by atoms with Gasteiger partial charge in [0, 0.05) is 28.3 Å². The zero-order valence-electron chi connectivity index (χ0n) is 29.4. The van der Waals surface area contributed by atoms with Crippen molar-refractivity contribution in [2.45, 2.75) is 6.42 Å². The number of furan rings is 1. The average Bonchev–Trinajstić information content (AvgIpc) is 3.63. The first-order valence-corrected chi connectivity index (χ1v) is 18.2. The standard InChI is InChI=1S/C50H33N3O/c1-4-13-33(14-5-1)34-23-25-35(26-24-34)38-27-30-45-44(31-38)48-39(19-12-22-46(48)54-45)32-47-51-49(37-17-8-3-9-18-37)53-50(52-47)43-29-28-40(36-15-6-2-7-16-36)41-20-10-11-21-42(41)43/h1-31H,32H2. The van der Waals surface area contributed by atoms with Gasteiger partial charge in [-0.1, -0.05) is 164 Å². The molecule has 0 N–H and O–H groups in total. The third kappa shape index (κ3) is 5.80. The first kappa shape index (κ1) is 31.6. The van der Waals surface area contributed by atoms with Crippen molar-refractivity contribution in [3.05, 3.63) is 199 Å². The molecule has 4 nitrogen and oxygen atoms in total. The number of fused-ring (bicyclic) bond motifs is 4. The van der Waals surface area contributed by atoms with Crippen LogP contribution >= 0.6 is 0 Å². The third-order valence-corrected chi connectivity index (χ3v) is 10.2. The predicted molar refractivity (Wildman–Crippen MR) is 221 cm³/mol. The van der Waals surface area contributed by atoms with Gasteiger partial charge in [0.05, 0.1) is 0 Å². The Morgan fingerprint density at radius 1 is 0.352 bits per heavy atom. The van der Waals surface area contributed by atoms with Gasteiger partial charge in [0.1, 0.15) is 17.0 Å². The lowest BCUT2D eigenvalue weighted by Crippen LogP contribution is -2.04. The van der Waals surface area contributed by atoms with Crippen LogP contribution in [-0.2, 0) is 6.42 Å². The van der Waals surface area contributed by atoms with Gasteiger partial charge in [-0.3, -0.25) is 0 Å². The molecule has 0 unspecified atom stereocenters. The monoisotopic (exact) mass is 691 g/mol. The van der Waals surface area contributed by atoms with E-state index in [1.807, 2.05) is 36.4 Å². The Balaban J connectivity index is 1.08. The number of hydrogen-bond acceptors (Lipinski definition) is 4. The highest BCUT2D eigenvalue weighted by Crippen LogP contribution is 2.37. The molecule has 0 radical (unpaired) electrons. The van der Waals surface area contributed by atoms with E-state index >= 15 is 0 Å². The molecule has 4 heteroatoms. The summed E-state index contributed by atoms with van der Waals surface area (Å²) in [7, 11) is 0. The van der Waals surface area contributed by atoms with Crippen LogP contribution < -0.4 is 0 Å². The summed E-state index contributed by atoms with van der Waals surface area (Å²) in [4.78, 5) is 15.4. The van der Waals surface area contributed by atoms with Crippen molar-refractivity contribution in [2.24, 2.45) is 0 Å². The smallest absolute Gasteiger partial charge is 0.164 e. The molecule has 0 saturated heterocycles. The summed E-state index contributed by atoms with van der Waals surface area (Å²) in [5, 5.41) is 4.41. The van der Waals surface area contributed by atoms with Crippen molar-refractivity contribution in [3.63, 3.8) is 0 Å². The van der Waals surface area contributed by atoms with Crippen LogP contribution in [0, 0.1) is 0 Å². The van der Waals surface area contributed by atoms with Gasteiger partial charge in [0.15, 0.2) is 11.6 Å². The number of benzene rings is 8. The molecule has 2 aromatic heterocycles. The predicted octanol–water partition coefficient (Wildman–Crippen LogP) is 12.8. The molecule has 10 aromatic rings. The summed E-state index contributed by atoms with van der Waals surface area (Å²) in [5.74, 6) is 2.00. The van der Waals surface area contributed by atoms with Gasteiger partial charge in [-0.05, 0) is 74.0 Å². The molecule has 0 aliphatic heterocycles. The fraction of sp³-hybridized carbons (Fsp3) is 0.0200. The van der Waals surface area contributed by atoms with Crippen LogP contribution in [0.3, 0.4) is 0 Å². The average molecular weight is 692 g/mol. The van der Waals surface area contributed by atoms with Crippen LogP contribution in [0.25, 0.3) is 88.9 Å². The fourth-order valence-corrected chi connectivity index (χ4v) is 7.58. The zero-order valence-corrected chi connectivity index (χ0v) is 29.4. The summed E-state index contributed by atoms with van der Waals surface area (Å²) >= 11 is 0. The lowest BCUT2D eigenvalue weighted by atomic mass is 9.94. The Morgan fingerprint density at radius 3 is 1.63 bits per heavy atom. The first-order chi connectivity index (χ1) is 26.7. The van der Waals surface area contributed by atoms with E-state index in [9.17, 15) is 0 Å². The molecular weight excluding hydrogens is 659 g/mol. The molecule has 0 saturated carbocycles. The van der Waals surface area contributed by atoms with E-state index in [1.54, 1.807) is 0 Å². The van der Waals surface area contributed by atoms with E-state index in [-0.39, 0.29) is 0 Å². The fourth-order valence-electron chi connectivity index (χ4n) is 7.58. The van der Waals surface area contributed by atoms with Crippen LogP contribution in [0.5, 0.6) is 0 Å². The van der Waals surface area contributed by atoms with E-state index in [1.165, 1.54) is 22.3 Å². The second kappa shape index (κ2) is 13.4. The summed E-state index contributed by atoms with van der Waals surface area (Å²) in [6.45, 7) is 0. The van der Waals surface area contributed by atoms with Crippen molar-refractivity contribution in [3.8, 4) is 56.2 Å². The number of aromatic nitrogens is 3. The van der Waals surface area contributed by atoms with Crippen LogP contribution in [0.4, 0.5) is 0 Å². The second-order valence-corrected chi connectivity index (χ2v) is 13.6. The number of rotatable bonds is 7. The van der Waals surface area contributed by atoms with Crippen LogP contribution in [0.1, 0.15) is 11.4 Å². The van der Waals surface area contributed by atoms with E-state index in [2.05, 4.69) is 152 Å². The van der Waals surface area contributed by atoms with Crippen molar-refractivity contribution < 1.29 is 4.42 Å². The molecule has 0 aliphatic rings. The quantitative estimate of drug-likeness (QED) is 0.167. The van der Waals surface area contributed by atoms with E-state index in [0.29, 0.717) is 23.9 Å². The molecule has 254 valence electrons. The lowest BCUT2D eigenvalue weighted by Gasteiger charge is -2.13. The van der Waals surface area contributed by atoms with E-state index in [0.717, 1.165) is 60.5 Å². The molecule has 0 aliphatic carbocycles. The minimum atomic E-state index is 0.511. The Morgan fingerprint density at radius 2 is 0.907 bits per heavy atom. The second-order valence-electron chi connectivity index (χ2n) is 13.6. The molecule has 0 spiro atoms. The summed E-state index contributed by atoms with van der Waals surface area (Å²) in [6, 6.07) is 65.5. The summed E-state index contributed by atoms with van der Waals surface area (Å²) < 4.78 is 6.43. The Labute approximate surface area is 313 Å².